The van der Waals surface area contributed by atoms with E-state index in [2.05, 4.69) is 11.4 Å². The molecule has 2 heterocycles. The summed E-state index contributed by atoms with van der Waals surface area (Å²) in [5.41, 5.74) is 0.0547. The maximum atomic E-state index is 12.7. The molecule has 3 rings (SSSR count). The van der Waals surface area contributed by atoms with Crippen molar-refractivity contribution < 1.29 is 9.59 Å². The first kappa shape index (κ1) is 13.1. The second kappa shape index (κ2) is 4.60. The molecule has 1 saturated heterocycles. The van der Waals surface area contributed by atoms with Gasteiger partial charge in [-0.15, -0.1) is 11.3 Å². The normalized spacial score (nSPS) is 26.3. The predicted molar refractivity (Wildman–Crippen MR) is 74.0 cm³/mol. The van der Waals surface area contributed by atoms with E-state index in [9.17, 15) is 9.59 Å². The standard InChI is InChI=1S/C14H15N3O2S/c1-9(7-15)8-17-12(18)14(16-13(17)19)5-2-3-11-10(14)4-6-20-11/h4,6,9H,2-3,5,8H2,1H3,(H,16,19)/t9-,14-/m0/s1. The Labute approximate surface area is 121 Å². The van der Waals surface area contributed by atoms with Crippen LogP contribution in [0.2, 0.25) is 0 Å². The van der Waals surface area contributed by atoms with Crippen molar-refractivity contribution in [1.29, 1.82) is 5.26 Å². The summed E-state index contributed by atoms with van der Waals surface area (Å²) >= 11 is 1.63. The van der Waals surface area contributed by atoms with Crippen molar-refractivity contribution in [3.8, 4) is 6.07 Å². The molecule has 6 heteroatoms. The van der Waals surface area contributed by atoms with Crippen LogP contribution in [0.15, 0.2) is 11.4 Å². The molecular formula is C14H15N3O2S. The maximum absolute atomic E-state index is 12.7. The molecule has 1 aliphatic heterocycles. The molecule has 1 aromatic heterocycles. The van der Waals surface area contributed by atoms with E-state index in [1.54, 1.807) is 18.3 Å². The molecule has 0 bridgehead atoms. The second-order valence-corrected chi connectivity index (χ2v) is 6.39. The summed E-state index contributed by atoms with van der Waals surface area (Å²) in [5.74, 6) is -0.561. The Bertz CT molecular complexity index is 618. The fourth-order valence-electron chi connectivity index (χ4n) is 3.02. The highest BCUT2D eigenvalue weighted by Gasteiger charge is 2.54. The van der Waals surface area contributed by atoms with Gasteiger partial charge in [0.25, 0.3) is 5.91 Å². The number of nitrogens with one attached hydrogen (secondary N) is 1. The molecule has 1 fully saturated rings. The van der Waals surface area contributed by atoms with Crippen molar-refractivity contribution in [2.45, 2.75) is 31.7 Å². The number of thiophene rings is 1. The average molecular weight is 289 g/mol. The summed E-state index contributed by atoms with van der Waals surface area (Å²) in [6.45, 7) is 1.87. The van der Waals surface area contributed by atoms with E-state index < -0.39 is 5.54 Å². The van der Waals surface area contributed by atoms with Gasteiger partial charge in [0.1, 0.15) is 5.54 Å². The third kappa shape index (κ3) is 1.74. The van der Waals surface area contributed by atoms with Gasteiger partial charge >= 0.3 is 6.03 Å². The average Bonchev–Trinajstić information content (AvgIpc) is 3.00. The quantitative estimate of drug-likeness (QED) is 0.846. The number of carbonyl (C=O) groups is 2. The minimum absolute atomic E-state index is 0.155. The second-order valence-electron chi connectivity index (χ2n) is 5.39. The van der Waals surface area contributed by atoms with Crippen LogP contribution >= 0.6 is 11.3 Å². The number of imide groups is 1. The van der Waals surface area contributed by atoms with Gasteiger partial charge in [0, 0.05) is 17.0 Å². The van der Waals surface area contributed by atoms with Crippen LogP contribution in [-0.4, -0.2) is 23.4 Å². The summed E-state index contributed by atoms with van der Waals surface area (Å²) in [6.07, 6.45) is 2.49. The Morgan fingerprint density at radius 3 is 3.15 bits per heavy atom. The van der Waals surface area contributed by atoms with Gasteiger partial charge in [0.15, 0.2) is 0 Å². The Hall–Kier alpha value is -1.87. The fourth-order valence-corrected chi connectivity index (χ4v) is 4.02. The third-order valence-corrected chi connectivity index (χ3v) is 4.99. The number of fused-ring (bicyclic) bond motifs is 2. The van der Waals surface area contributed by atoms with Crippen LogP contribution in [-0.2, 0) is 16.8 Å². The number of rotatable bonds is 2. The van der Waals surface area contributed by atoms with Gasteiger partial charge in [0.05, 0.1) is 12.0 Å². The first-order valence-electron chi connectivity index (χ1n) is 6.69. The predicted octanol–water partition coefficient (Wildman–Crippen LogP) is 1.99. The van der Waals surface area contributed by atoms with Gasteiger partial charge in [-0.3, -0.25) is 9.69 Å². The topological polar surface area (TPSA) is 73.2 Å². The molecule has 1 aromatic rings. The lowest BCUT2D eigenvalue weighted by atomic mass is 9.80. The molecule has 1 spiro atoms. The van der Waals surface area contributed by atoms with E-state index in [1.165, 1.54) is 9.78 Å². The van der Waals surface area contributed by atoms with Gasteiger partial charge in [-0.2, -0.15) is 5.26 Å². The summed E-state index contributed by atoms with van der Waals surface area (Å²) in [7, 11) is 0. The molecule has 1 N–H and O–H groups in total. The number of hydrogen-bond donors (Lipinski definition) is 1. The zero-order valence-electron chi connectivity index (χ0n) is 11.2. The molecule has 20 heavy (non-hydrogen) atoms. The van der Waals surface area contributed by atoms with E-state index in [0.29, 0.717) is 6.42 Å². The van der Waals surface area contributed by atoms with Crippen molar-refractivity contribution in [2.24, 2.45) is 5.92 Å². The first-order valence-corrected chi connectivity index (χ1v) is 7.57. The lowest BCUT2D eigenvalue weighted by Crippen LogP contribution is -2.46. The summed E-state index contributed by atoms with van der Waals surface area (Å²) in [4.78, 5) is 27.2. The number of hydrogen-bond acceptors (Lipinski definition) is 4. The minimum Gasteiger partial charge on any atom is -0.319 e. The highest BCUT2D eigenvalue weighted by Crippen LogP contribution is 2.42. The SMILES string of the molecule is C[C@@H](C#N)CN1C(=O)N[C@]2(CCCc3sccc32)C1=O. The van der Waals surface area contributed by atoms with E-state index in [1.807, 2.05) is 11.4 Å². The molecule has 3 amide bonds. The molecule has 104 valence electrons. The van der Waals surface area contributed by atoms with Crippen molar-refractivity contribution >= 4 is 23.3 Å². The molecule has 0 aromatic carbocycles. The molecule has 0 saturated carbocycles. The summed E-state index contributed by atoms with van der Waals surface area (Å²) in [5, 5.41) is 13.7. The van der Waals surface area contributed by atoms with Gasteiger partial charge < -0.3 is 5.32 Å². The molecule has 2 atom stereocenters. The largest absolute Gasteiger partial charge is 0.325 e. The number of nitrogens with zero attached hydrogens (tertiary/aromatic N) is 2. The minimum atomic E-state index is -0.889. The van der Waals surface area contributed by atoms with Crippen molar-refractivity contribution in [3.05, 3.63) is 21.9 Å². The highest BCUT2D eigenvalue weighted by molar-refractivity contribution is 7.10. The summed E-state index contributed by atoms with van der Waals surface area (Å²) in [6, 6.07) is 3.63. The Morgan fingerprint density at radius 2 is 2.40 bits per heavy atom. The first-order chi connectivity index (χ1) is 9.58. The van der Waals surface area contributed by atoms with Crippen LogP contribution in [0.5, 0.6) is 0 Å². The lowest BCUT2D eigenvalue weighted by molar-refractivity contribution is -0.132. The van der Waals surface area contributed by atoms with Gasteiger partial charge in [-0.25, -0.2) is 4.79 Å². The van der Waals surface area contributed by atoms with Crippen LogP contribution < -0.4 is 5.32 Å². The number of nitriles is 1. The Balaban J connectivity index is 1.97. The van der Waals surface area contributed by atoms with Gasteiger partial charge in [-0.05, 0) is 37.6 Å². The van der Waals surface area contributed by atoms with Crippen LogP contribution in [0.3, 0.4) is 0 Å². The molecule has 5 nitrogen and oxygen atoms in total. The Morgan fingerprint density at radius 1 is 1.60 bits per heavy atom. The third-order valence-electron chi connectivity index (χ3n) is 4.01. The Kier molecular flexibility index (Phi) is 3.02. The molecule has 1 aliphatic carbocycles. The zero-order chi connectivity index (χ0) is 14.3. The van der Waals surface area contributed by atoms with E-state index in [4.69, 9.17) is 5.26 Å². The number of amides is 3. The lowest BCUT2D eigenvalue weighted by Gasteiger charge is -2.31. The summed E-state index contributed by atoms with van der Waals surface area (Å²) < 4.78 is 0. The maximum Gasteiger partial charge on any atom is 0.325 e. The molecule has 2 aliphatic rings. The van der Waals surface area contributed by atoms with Crippen LogP contribution in [0, 0.1) is 17.2 Å². The van der Waals surface area contributed by atoms with Crippen molar-refractivity contribution in [1.82, 2.24) is 10.2 Å². The van der Waals surface area contributed by atoms with Crippen LogP contribution in [0.4, 0.5) is 4.79 Å². The van der Waals surface area contributed by atoms with E-state index in [0.717, 1.165) is 18.4 Å². The number of aryl methyl sites for hydroxylation is 1. The molecule has 0 radical (unpaired) electrons. The molecule has 0 unspecified atom stereocenters. The zero-order valence-corrected chi connectivity index (χ0v) is 12.0. The van der Waals surface area contributed by atoms with Crippen molar-refractivity contribution in [3.63, 3.8) is 0 Å². The monoisotopic (exact) mass is 289 g/mol. The van der Waals surface area contributed by atoms with Crippen molar-refractivity contribution in [2.75, 3.05) is 6.54 Å². The smallest absolute Gasteiger partial charge is 0.319 e. The molecular weight excluding hydrogens is 274 g/mol. The van der Waals surface area contributed by atoms with Crippen LogP contribution in [0.25, 0.3) is 0 Å². The van der Waals surface area contributed by atoms with E-state index >= 15 is 0 Å². The van der Waals surface area contributed by atoms with E-state index in [-0.39, 0.29) is 24.4 Å². The highest BCUT2D eigenvalue weighted by atomic mass is 32.1. The van der Waals surface area contributed by atoms with Gasteiger partial charge in [-0.1, -0.05) is 0 Å². The van der Waals surface area contributed by atoms with Gasteiger partial charge in [0.2, 0.25) is 0 Å². The number of urea groups is 1. The fraction of sp³-hybridized carbons (Fsp3) is 0.500. The number of carbonyl (C=O) groups excluding carboxylic acids is 2. The van der Waals surface area contributed by atoms with Crippen LogP contribution in [0.1, 0.15) is 30.2 Å².